The van der Waals surface area contributed by atoms with Gasteiger partial charge in [0, 0.05) is 35.4 Å². The van der Waals surface area contributed by atoms with Gasteiger partial charge in [0.05, 0.1) is 11.4 Å². The molecule has 2 aromatic heterocycles. The van der Waals surface area contributed by atoms with Crippen LogP contribution >= 0.6 is 0 Å². The van der Waals surface area contributed by atoms with Crippen molar-refractivity contribution in [3.8, 4) is 33.6 Å². The monoisotopic (exact) mass is 476 g/mol. The number of hydrogen-bond donors (Lipinski definition) is 2. The molecule has 0 spiro atoms. The van der Waals surface area contributed by atoms with Crippen LogP contribution in [0.25, 0.3) is 33.6 Å². The number of H-pyrrole nitrogens is 2. The molecule has 0 saturated heterocycles. The Hall–Kier alpha value is -3.14. The van der Waals surface area contributed by atoms with Crippen LogP contribution in [0.4, 0.5) is 0 Å². The van der Waals surface area contributed by atoms with Crippen LogP contribution in [0.2, 0.25) is 0 Å². The Balaban J connectivity index is 1.19. The topological polar surface area (TPSA) is 57.4 Å². The predicted molar refractivity (Wildman–Crippen MR) is 146 cm³/mol. The lowest BCUT2D eigenvalue weighted by Crippen LogP contribution is -1.97. The Labute approximate surface area is 214 Å². The average Bonchev–Trinajstić information content (AvgIpc) is 3.74. The van der Waals surface area contributed by atoms with Gasteiger partial charge in [-0.2, -0.15) is 0 Å². The van der Waals surface area contributed by atoms with E-state index >= 15 is 0 Å². The van der Waals surface area contributed by atoms with Crippen LogP contribution in [0.3, 0.4) is 0 Å². The van der Waals surface area contributed by atoms with Crippen LogP contribution in [0, 0.1) is 0 Å². The van der Waals surface area contributed by atoms with E-state index in [9.17, 15) is 0 Å². The Morgan fingerprint density at radius 2 is 1.19 bits per heavy atom. The second kappa shape index (κ2) is 9.06. The van der Waals surface area contributed by atoms with E-state index in [2.05, 4.69) is 65.7 Å². The molecular weight excluding hydrogens is 440 g/mol. The SMILES string of the molecule is CC1CCc2c(-c3ccc(-c4c[nH]c(C5CCCC5)n4)cc3)ccc(-c3c[nH]c(C4CCCC4)n3)c21. The zero-order valence-electron chi connectivity index (χ0n) is 21.3. The van der Waals surface area contributed by atoms with Crippen LogP contribution in [0.1, 0.15) is 105 Å². The first-order valence-corrected chi connectivity index (χ1v) is 14.1. The molecule has 0 radical (unpaired) electrons. The minimum absolute atomic E-state index is 0.568. The third-order valence-corrected chi connectivity index (χ3v) is 9.12. The van der Waals surface area contributed by atoms with Gasteiger partial charge in [0.2, 0.25) is 0 Å². The summed E-state index contributed by atoms with van der Waals surface area (Å²) >= 11 is 0. The summed E-state index contributed by atoms with van der Waals surface area (Å²) in [6.07, 6.45) is 17.0. The highest BCUT2D eigenvalue weighted by atomic mass is 14.9. The van der Waals surface area contributed by atoms with Crippen LogP contribution < -0.4 is 0 Å². The van der Waals surface area contributed by atoms with Crippen LogP contribution in [-0.4, -0.2) is 19.9 Å². The number of benzene rings is 2. The quantitative estimate of drug-likeness (QED) is 0.303. The van der Waals surface area contributed by atoms with Gasteiger partial charge in [-0.1, -0.05) is 69.0 Å². The van der Waals surface area contributed by atoms with Crippen LogP contribution in [0.15, 0.2) is 48.8 Å². The Bertz CT molecular complexity index is 1360. The van der Waals surface area contributed by atoms with Crippen LogP contribution in [-0.2, 0) is 6.42 Å². The number of aromatic nitrogens is 4. The van der Waals surface area contributed by atoms with Crippen molar-refractivity contribution >= 4 is 0 Å². The van der Waals surface area contributed by atoms with E-state index in [1.807, 2.05) is 0 Å². The highest BCUT2D eigenvalue weighted by molar-refractivity contribution is 5.79. The third kappa shape index (κ3) is 3.82. The number of nitrogens with one attached hydrogen (secondary N) is 2. The first-order chi connectivity index (χ1) is 17.7. The van der Waals surface area contributed by atoms with E-state index in [0.29, 0.717) is 17.8 Å². The fourth-order valence-electron chi connectivity index (χ4n) is 7.09. The van der Waals surface area contributed by atoms with E-state index in [1.54, 1.807) is 0 Å². The molecule has 3 aliphatic rings. The lowest BCUT2D eigenvalue weighted by Gasteiger charge is -2.15. The molecule has 1 unspecified atom stereocenters. The van der Waals surface area contributed by atoms with E-state index < -0.39 is 0 Å². The second-order valence-electron chi connectivity index (χ2n) is 11.4. The summed E-state index contributed by atoms with van der Waals surface area (Å²) in [5.74, 6) is 4.16. The van der Waals surface area contributed by atoms with Crippen molar-refractivity contribution in [2.24, 2.45) is 0 Å². The molecule has 2 fully saturated rings. The largest absolute Gasteiger partial charge is 0.348 e. The molecule has 2 N–H and O–H groups in total. The van der Waals surface area contributed by atoms with Gasteiger partial charge in [0.1, 0.15) is 11.6 Å². The zero-order chi connectivity index (χ0) is 24.1. The van der Waals surface area contributed by atoms with Crippen molar-refractivity contribution < 1.29 is 0 Å². The fraction of sp³-hybridized carbons (Fsp3) is 0.438. The van der Waals surface area contributed by atoms with Crippen molar-refractivity contribution in [3.63, 3.8) is 0 Å². The van der Waals surface area contributed by atoms with E-state index in [-0.39, 0.29) is 0 Å². The van der Waals surface area contributed by atoms with Gasteiger partial charge in [-0.3, -0.25) is 0 Å². The molecule has 3 aliphatic carbocycles. The summed E-state index contributed by atoms with van der Waals surface area (Å²) < 4.78 is 0. The first-order valence-electron chi connectivity index (χ1n) is 14.1. The molecule has 4 aromatic rings. The van der Waals surface area contributed by atoms with Gasteiger partial charge >= 0.3 is 0 Å². The molecule has 1 atom stereocenters. The molecule has 2 saturated carbocycles. The van der Waals surface area contributed by atoms with Crippen molar-refractivity contribution in [2.75, 3.05) is 0 Å². The lowest BCUT2D eigenvalue weighted by molar-refractivity contribution is 0.679. The highest BCUT2D eigenvalue weighted by Crippen LogP contribution is 2.45. The molecule has 2 aromatic carbocycles. The summed E-state index contributed by atoms with van der Waals surface area (Å²) in [7, 11) is 0. The Kier molecular flexibility index (Phi) is 5.56. The van der Waals surface area contributed by atoms with E-state index in [0.717, 1.165) is 17.8 Å². The van der Waals surface area contributed by atoms with Crippen molar-refractivity contribution in [1.82, 2.24) is 19.9 Å². The van der Waals surface area contributed by atoms with Gasteiger partial charge in [-0.15, -0.1) is 0 Å². The van der Waals surface area contributed by atoms with Gasteiger partial charge in [0.25, 0.3) is 0 Å². The van der Waals surface area contributed by atoms with Crippen molar-refractivity contribution in [1.29, 1.82) is 0 Å². The minimum atomic E-state index is 0.568. The zero-order valence-corrected chi connectivity index (χ0v) is 21.3. The molecule has 36 heavy (non-hydrogen) atoms. The molecule has 0 bridgehead atoms. The average molecular weight is 477 g/mol. The van der Waals surface area contributed by atoms with Gasteiger partial charge < -0.3 is 9.97 Å². The van der Waals surface area contributed by atoms with Gasteiger partial charge in [0.15, 0.2) is 0 Å². The van der Waals surface area contributed by atoms with Gasteiger partial charge in [-0.25, -0.2) is 9.97 Å². The number of nitrogens with zero attached hydrogens (tertiary/aromatic N) is 2. The molecule has 0 amide bonds. The predicted octanol–water partition coefficient (Wildman–Crippen LogP) is 8.50. The standard InChI is InChI=1S/C32H36N4/c1-20-10-15-26-25(16-17-27(30(20)26)29-19-34-32(36-29)24-8-4-5-9-24)21-11-13-22(14-12-21)28-18-33-31(35-28)23-6-2-3-7-23/h11-14,16-20,23-24H,2-10,15H2,1H3,(H,33,35)(H,34,36). The first kappa shape index (κ1) is 22.1. The highest BCUT2D eigenvalue weighted by Gasteiger charge is 2.28. The molecule has 2 heterocycles. The number of aromatic amines is 2. The Morgan fingerprint density at radius 3 is 1.86 bits per heavy atom. The summed E-state index contributed by atoms with van der Waals surface area (Å²) in [4.78, 5) is 17.0. The molecule has 4 nitrogen and oxygen atoms in total. The second-order valence-corrected chi connectivity index (χ2v) is 11.4. The van der Waals surface area contributed by atoms with E-state index in [4.69, 9.17) is 9.97 Å². The lowest BCUT2D eigenvalue weighted by atomic mass is 9.90. The van der Waals surface area contributed by atoms with Gasteiger partial charge in [-0.05, 0) is 66.7 Å². The third-order valence-electron chi connectivity index (χ3n) is 9.12. The van der Waals surface area contributed by atoms with Crippen LogP contribution in [0.5, 0.6) is 0 Å². The normalized spacial score (nSPS) is 20.4. The fourth-order valence-corrected chi connectivity index (χ4v) is 7.09. The minimum Gasteiger partial charge on any atom is -0.348 e. The number of imidazole rings is 2. The molecule has 7 rings (SSSR count). The number of rotatable bonds is 5. The Morgan fingerprint density at radius 1 is 0.639 bits per heavy atom. The molecule has 184 valence electrons. The van der Waals surface area contributed by atoms with Crippen molar-refractivity contribution in [2.45, 2.75) is 88.9 Å². The number of hydrogen-bond acceptors (Lipinski definition) is 2. The maximum absolute atomic E-state index is 5.09. The van der Waals surface area contributed by atoms with Crippen molar-refractivity contribution in [3.05, 3.63) is 71.6 Å². The molecule has 0 aliphatic heterocycles. The number of fused-ring (bicyclic) bond motifs is 1. The molecular formula is C32H36N4. The molecule has 4 heteroatoms. The maximum Gasteiger partial charge on any atom is 0.109 e. The smallest absolute Gasteiger partial charge is 0.109 e. The summed E-state index contributed by atoms with van der Waals surface area (Å²) in [5.41, 5.74) is 10.4. The summed E-state index contributed by atoms with van der Waals surface area (Å²) in [6.45, 7) is 2.38. The summed E-state index contributed by atoms with van der Waals surface area (Å²) in [6, 6.07) is 13.7. The summed E-state index contributed by atoms with van der Waals surface area (Å²) in [5, 5.41) is 0. The maximum atomic E-state index is 5.09. The van der Waals surface area contributed by atoms with E-state index in [1.165, 1.54) is 103 Å².